The lowest BCUT2D eigenvalue weighted by atomic mass is 10.1. The van der Waals surface area contributed by atoms with Gasteiger partial charge in [-0.3, -0.25) is 4.98 Å². The molecule has 0 radical (unpaired) electrons. The summed E-state index contributed by atoms with van der Waals surface area (Å²) in [5.74, 6) is 2.82. The highest BCUT2D eigenvalue weighted by Crippen LogP contribution is 2.37. The Kier molecular flexibility index (Phi) is 5.34. The van der Waals surface area contributed by atoms with Gasteiger partial charge in [0.15, 0.2) is 11.5 Å². The fraction of sp³-hybridized carbons (Fsp3) is 0.160. The molecule has 0 fully saturated rings. The Morgan fingerprint density at radius 3 is 2.38 bits per heavy atom. The van der Waals surface area contributed by atoms with Crippen molar-refractivity contribution in [3.63, 3.8) is 0 Å². The number of pyridine rings is 1. The zero-order valence-corrected chi connectivity index (χ0v) is 16.8. The van der Waals surface area contributed by atoms with E-state index in [4.69, 9.17) is 14.2 Å². The zero-order chi connectivity index (χ0) is 20.2. The van der Waals surface area contributed by atoms with E-state index in [0.29, 0.717) is 18.1 Å². The van der Waals surface area contributed by atoms with Crippen molar-refractivity contribution in [2.24, 2.45) is 0 Å². The van der Waals surface area contributed by atoms with Crippen molar-refractivity contribution in [1.82, 2.24) is 4.98 Å². The second kappa shape index (κ2) is 8.23. The molecule has 0 spiro atoms. The third-order valence-corrected chi connectivity index (χ3v) is 4.93. The van der Waals surface area contributed by atoms with Crippen LogP contribution in [0.25, 0.3) is 10.9 Å². The second-order valence-electron chi connectivity index (χ2n) is 6.95. The third kappa shape index (κ3) is 4.16. The Morgan fingerprint density at radius 1 is 0.793 bits per heavy atom. The molecule has 0 unspecified atom stereocenters. The summed E-state index contributed by atoms with van der Waals surface area (Å²) in [6.07, 6.45) is 1.74. The largest absolute Gasteiger partial charge is 0.493 e. The Morgan fingerprint density at radius 2 is 1.62 bits per heavy atom. The first-order valence-electron chi connectivity index (χ1n) is 9.52. The maximum atomic E-state index is 6.16. The minimum Gasteiger partial charge on any atom is -0.493 e. The van der Waals surface area contributed by atoms with Crippen molar-refractivity contribution in [3.05, 3.63) is 89.6 Å². The van der Waals surface area contributed by atoms with Gasteiger partial charge in [0.25, 0.3) is 0 Å². The van der Waals surface area contributed by atoms with E-state index >= 15 is 0 Å². The lowest BCUT2D eigenvalue weighted by molar-refractivity contribution is 0.285. The molecule has 4 rings (SSSR count). The Hall–Kier alpha value is -3.53. The summed E-state index contributed by atoms with van der Waals surface area (Å²) in [6.45, 7) is 4.62. The van der Waals surface area contributed by atoms with Crippen molar-refractivity contribution in [2.75, 3.05) is 7.11 Å². The average molecular weight is 385 g/mol. The number of nitrogens with zero attached hydrogens (tertiary/aromatic N) is 1. The van der Waals surface area contributed by atoms with Crippen LogP contribution < -0.4 is 14.2 Å². The highest BCUT2D eigenvalue weighted by molar-refractivity contribution is 5.88. The molecule has 0 N–H and O–H groups in total. The lowest BCUT2D eigenvalue weighted by Gasteiger charge is -2.14. The first-order chi connectivity index (χ1) is 14.1. The van der Waals surface area contributed by atoms with E-state index in [1.54, 1.807) is 13.3 Å². The number of aromatic nitrogens is 1. The molecule has 0 aliphatic rings. The van der Waals surface area contributed by atoms with Crippen LogP contribution in [0, 0.1) is 13.8 Å². The van der Waals surface area contributed by atoms with Crippen LogP contribution in [0.2, 0.25) is 0 Å². The number of fused-ring (bicyclic) bond motifs is 1. The summed E-state index contributed by atoms with van der Waals surface area (Å²) in [6, 6.07) is 21.8. The molecule has 4 heteroatoms. The number of methoxy groups -OCH3 is 1. The summed E-state index contributed by atoms with van der Waals surface area (Å²) >= 11 is 0. The SMILES string of the molecule is COc1cc2c(Oc3ccc(C)c(C)c3)ccnc2cc1OCc1ccccc1. The topological polar surface area (TPSA) is 40.6 Å². The van der Waals surface area contributed by atoms with Crippen LogP contribution in [0.5, 0.6) is 23.0 Å². The first kappa shape index (κ1) is 18.8. The molecule has 0 saturated heterocycles. The molecule has 1 aromatic heterocycles. The van der Waals surface area contributed by atoms with Crippen molar-refractivity contribution in [2.45, 2.75) is 20.5 Å². The number of hydrogen-bond donors (Lipinski definition) is 0. The fourth-order valence-electron chi connectivity index (χ4n) is 3.13. The third-order valence-electron chi connectivity index (χ3n) is 4.93. The van der Waals surface area contributed by atoms with Crippen LogP contribution >= 0.6 is 0 Å². The van der Waals surface area contributed by atoms with Crippen LogP contribution in [-0.4, -0.2) is 12.1 Å². The Balaban J connectivity index is 1.66. The van der Waals surface area contributed by atoms with Gasteiger partial charge in [-0.15, -0.1) is 0 Å². The number of rotatable bonds is 6. The van der Waals surface area contributed by atoms with Gasteiger partial charge in [0.05, 0.1) is 12.6 Å². The van der Waals surface area contributed by atoms with E-state index in [0.717, 1.165) is 28.0 Å². The summed E-state index contributed by atoms with van der Waals surface area (Å²) in [4.78, 5) is 4.49. The molecule has 0 aliphatic heterocycles. The maximum Gasteiger partial charge on any atom is 0.163 e. The predicted molar refractivity (Wildman–Crippen MR) is 115 cm³/mol. The number of hydrogen-bond acceptors (Lipinski definition) is 4. The summed E-state index contributed by atoms with van der Waals surface area (Å²) in [5.41, 5.74) is 4.30. The van der Waals surface area contributed by atoms with E-state index < -0.39 is 0 Å². The highest BCUT2D eigenvalue weighted by atomic mass is 16.5. The van der Waals surface area contributed by atoms with Crippen LogP contribution in [0.4, 0.5) is 0 Å². The molecule has 0 bridgehead atoms. The van der Waals surface area contributed by atoms with Gasteiger partial charge < -0.3 is 14.2 Å². The summed E-state index contributed by atoms with van der Waals surface area (Å²) < 4.78 is 17.7. The van der Waals surface area contributed by atoms with Gasteiger partial charge in [0.2, 0.25) is 0 Å². The maximum absolute atomic E-state index is 6.16. The lowest BCUT2D eigenvalue weighted by Crippen LogP contribution is -1.98. The predicted octanol–water partition coefficient (Wildman–Crippen LogP) is 6.23. The summed E-state index contributed by atoms with van der Waals surface area (Å²) in [7, 11) is 1.64. The van der Waals surface area contributed by atoms with Gasteiger partial charge >= 0.3 is 0 Å². The standard InChI is InChI=1S/C25H23NO3/c1-17-9-10-20(13-18(17)2)29-23-11-12-26-22-15-25(24(27-3)14-21(22)23)28-16-19-7-5-4-6-8-19/h4-15H,16H2,1-3H3. The van der Waals surface area contributed by atoms with E-state index in [1.807, 2.05) is 60.7 Å². The van der Waals surface area contributed by atoms with Crippen LogP contribution in [0.1, 0.15) is 16.7 Å². The molecular formula is C25H23NO3. The number of ether oxygens (including phenoxy) is 3. The fourth-order valence-corrected chi connectivity index (χ4v) is 3.13. The molecule has 0 aliphatic carbocycles. The van der Waals surface area contributed by atoms with E-state index in [1.165, 1.54) is 11.1 Å². The van der Waals surface area contributed by atoms with Crippen LogP contribution in [-0.2, 0) is 6.61 Å². The molecule has 3 aromatic carbocycles. The molecule has 4 aromatic rings. The molecule has 4 nitrogen and oxygen atoms in total. The molecule has 146 valence electrons. The second-order valence-corrected chi connectivity index (χ2v) is 6.95. The van der Waals surface area contributed by atoms with Gasteiger partial charge in [0, 0.05) is 17.6 Å². The molecule has 29 heavy (non-hydrogen) atoms. The monoisotopic (exact) mass is 385 g/mol. The van der Waals surface area contributed by atoms with Crippen LogP contribution in [0.3, 0.4) is 0 Å². The van der Waals surface area contributed by atoms with Crippen molar-refractivity contribution in [1.29, 1.82) is 0 Å². The normalized spacial score (nSPS) is 10.7. The molecule has 0 amide bonds. The molecule has 0 saturated carbocycles. The highest BCUT2D eigenvalue weighted by Gasteiger charge is 2.12. The zero-order valence-electron chi connectivity index (χ0n) is 16.8. The van der Waals surface area contributed by atoms with Gasteiger partial charge in [-0.05, 0) is 54.8 Å². The molecule has 0 atom stereocenters. The minimum absolute atomic E-state index is 0.460. The van der Waals surface area contributed by atoms with Crippen molar-refractivity contribution in [3.8, 4) is 23.0 Å². The Bertz CT molecular complexity index is 1140. The first-order valence-corrected chi connectivity index (χ1v) is 9.52. The van der Waals surface area contributed by atoms with Crippen LogP contribution in [0.15, 0.2) is 72.9 Å². The quantitative estimate of drug-likeness (QED) is 0.394. The van der Waals surface area contributed by atoms with E-state index in [-0.39, 0.29) is 0 Å². The summed E-state index contributed by atoms with van der Waals surface area (Å²) in [5, 5.41) is 0.870. The van der Waals surface area contributed by atoms with Gasteiger partial charge in [-0.25, -0.2) is 0 Å². The number of aryl methyl sites for hydroxylation is 2. The number of benzene rings is 3. The molecular weight excluding hydrogens is 362 g/mol. The smallest absolute Gasteiger partial charge is 0.163 e. The van der Waals surface area contributed by atoms with E-state index in [9.17, 15) is 0 Å². The average Bonchev–Trinajstić information content (AvgIpc) is 2.75. The van der Waals surface area contributed by atoms with Gasteiger partial charge in [0.1, 0.15) is 18.1 Å². The van der Waals surface area contributed by atoms with Crippen molar-refractivity contribution >= 4 is 10.9 Å². The van der Waals surface area contributed by atoms with Gasteiger partial charge in [-0.1, -0.05) is 36.4 Å². The van der Waals surface area contributed by atoms with Gasteiger partial charge in [-0.2, -0.15) is 0 Å². The molecule has 1 heterocycles. The van der Waals surface area contributed by atoms with E-state index in [2.05, 4.69) is 24.9 Å². The Labute approximate surface area is 170 Å². The minimum atomic E-state index is 0.460. The van der Waals surface area contributed by atoms with Crippen molar-refractivity contribution < 1.29 is 14.2 Å².